The van der Waals surface area contributed by atoms with Gasteiger partial charge in [-0.2, -0.15) is 0 Å². The molecule has 0 unspecified atom stereocenters. The highest BCUT2D eigenvalue weighted by atomic mass is 19.1. The van der Waals surface area contributed by atoms with E-state index in [0.717, 1.165) is 5.56 Å². The maximum atomic E-state index is 14.1. The van der Waals surface area contributed by atoms with Gasteiger partial charge in [-0.3, -0.25) is 0 Å². The summed E-state index contributed by atoms with van der Waals surface area (Å²) in [5.74, 6) is -0.775. The molecule has 1 aliphatic heterocycles. The zero-order valence-electron chi connectivity index (χ0n) is 13.3. The number of hydrogen-bond donors (Lipinski definition) is 0. The number of ether oxygens (including phenoxy) is 2. The smallest absolute Gasteiger partial charge is 0.337 e. The van der Waals surface area contributed by atoms with E-state index in [1.165, 1.54) is 20.3 Å². The van der Waals surface area contributed by atoms with Gasteiger partial charge in [-0.05, 0) is 29.8 Å². The van der Waals surface area contributed by atoms with Crippen LogP contribution >= 0.6 is 0 Å². The van der Waals surface area contributed by atoms with Gasteiger partial charge in [-0.1, -0.05) is 23.4 Å². The van der Waals surface area contributed by atoms with Gasteiger partial charge in [-0.15, -0.1) is 0 Å². The summed E-state index contributed by atoms with van der Waals surface area (Å²) in [5, 5.41) is 3.99. The van der Waals surface area contributed by atoms with Crippen LogP contribution in [0.15, 0.2) is 47.6 Å². The summed E-state index contributed by atoms with van der Waals surface area (Å²) >= 11 is 0. The highest BCUT2D eigenvalue weighted by molar-refractivity contribution is 6.03. The number of oxime groups is 1. The van der Waals surface area contributed by atoms with E-state index in [2.05, 4.69) is 5.16 Å². The minimum Gasteiger partial charge on any atom is -0.482 e. The van der Waals surface area contributed by atoms with E-state index < -0.39 is 17.9 Å². The fourth-order valence-electron chi connectivity index (χ4n) is 2.69. The van der Waals surface area contributed by atoms with Crippen molar-refractivity contribution in [2.24, 2.45) is 5.16 Å². The van der Waals surface area contributed by atoms with E-state index >= 15 is 0 Å². The molecule has 0 saturated heterocycles. The van der Waals surface area contributed by atoms with Crippen LogP contribution in [0.25, 0.3) is 0 Å². The maximum absolute atomic E-state index is 14.1. The van der Waals surface area contributed by atoms with Gasteiger partial charge in [0.15, 0.2) is 11.6 Å². The number of carbonyl (C=O) groups excluding carboxylic acids is 1. The molecule has 124 valence electrons. The average Bonchev–Trinajstić information content (AvgIpc) is 2.62. The van der Waals surface area contributed by atoms with E-state index in [0.29, 0.717) is 23.3 Å². The lowest BCUT2D eigenvalue weighted by atomic mass is 9.94. The summed E-state index contributed by atoms with van der Waals surface area (Å²) in [4.78, 5) is 16.6. The van der Waals surface area contributed by atoms with E-state index in [1.54, 1.807) is 30.3 Å². The van der Waals surface area contributed by atoms with Crippen molar-refractivity contribution in [3.05, 3.63) is 65.0 Å². The molecule has 1 aliphatic rings. The van der Waals surface area contributed by atoms with Crippen LogP contribution in [-0.4, -0.2) is 25.9 Å². The Morgan fingerprint density at radius 3 is 2.79 bits per heavy atom. The van der Waals surface area contributed by atoms with Crippen LogP contribution in [0, 0.1) is 5.82 Å². The lowest BCUT2D eigenvalue weighted by Gasteiger charge is -2.27. The molecule has 0 fully saturated rings. The Kier molecular flexibility index (Phi) is 4.46. The normalized spacial score (nSPS) is 17.8. The first-order chi connectivity index (χ1) is 11.6. The van der Waals surface area contributed by atoms with E-state index in [-0.39, 0.29) is 5.75 Å². The van der Waals surface area contributed by atoms with E-state index in [4.69, 9.17) is 14.3 Å². The number of esters is 1. The first-order valence-electron chi connectivity index (χ1n) is 7.38. The summed E-state index contributed by atoms with van der Waals surface area (Å²) in [6, 6.07) is 11.5. The van der Waals surface area contributed by atoms with Gasteiger partial charge in [0.05, 0.1) is 18.4 Å². The Hall–Kier alpha value is -2.89. The second-order valence-corrected chi connectivity index (χ2v) is 5.26. The second-order valence-electron chi connectivity index (χ2n) is 5.26. The van der Waals surface area contributed by atoms with Crippen molar-refractivity contribution in [1.82, 2.24) is 0 Å². The van der Waals surface area contributed by atoms with Crippen LogP contribution in [0.5, 0.6) is 5.75 Å². The first kappa shape index (κ1) is 16.0. The molecule has 0 N–H and O–H groups in total. The number of carbonyl (C=O) groups is 1. The van der Waals surface area contributed by atoms with Crippen LogP contribution in [0.2, 0.25) is 0 Å². The molecule has 0 saturated carbocycles. The molecular weight excluding hydrogens is 313 g/mol. The zero-order chi connectivity index (χ0) is 17.1. The van der Waals surface area contributed by atoms with Gasteiger partial charge in [-0.25, -0.2) is 9.18 Å². The molecule has 0 radical (unpaired) electrons. The summed E-state index contributed by atoms with van der Waals surface area (Å²) in [6.45, 7) is 0. The number of nitrogens with zero attached hydrogens (tertiary/aromatic N) is 1. The zero-order valence-corrected chi connectivity index (χ0v) is 13.3. The molecule has 1 atom stereocenters. The molecule has 0 amide bonds. The Balaban J connectivity index is 2.01. The monoisotopic (exact) mass is 329 g/mol. The van der Waals surface area contributed by atoms with E-state index in [9.17, 15) is 9.18 Å². The minimum absolute atomic E-state index is 0.132. The number of benzene rings is 2. The molecule has 1 heterocycles. The van der Waals surface area contributed by atoms with Crippen LogP contribution < -0.4 is 4.74 Å². The molecule has 0 aliphatic carbocycles. The number of rotatable bonds is 3. The molecule has 5 nitrogen and oxygen atoms in total. The van der Waals surface area contributed by atoms with Gasteiger partial charge in [0, 0.05) is 12.0 Å². The molecule has 0 spiro atoms. The van der Waals surface area contributed by atoms with Gasteiger partial charge in [0.1, 0.15) is 13.2 Å². The van der Waals surface area contributed by atoms with Crippen molar-refractivity contribution in [3.8, 4) is 5.75 Å². The SMILES string of the molecule is CON=C1C[C@H](c2cccc(C(=O)OC)c2)Oc2c(F)cccc21. The van der Waals surface area contributed by atoms with Gasteiger partial charge in [0.2, 0.25) is 0 Å². The third-order valence-corrected chi connectivity index (χ3v) is 3.80. The van der Waals surface area contributed by atoms with E-state index in [1.807, 2.05) is 6.07 Å². The molecule has 6 heteroatoms. The second kappa shape index (κ2) is 6.70. The maximum Gasteiger partial charge on any atom is 0.337 e. The van der Waals surface area contributed by atoms with Gasteiger partial charge >= 0.3 is 5.97 Å². The fraction of sp³-hybridized carbons (Fsp3) is 0.222. The van der Waals surface area contributed by atoms with Crippen molar-refractivity contribution in [2.45, 2.75) is 12.5 Å². The number of para-hydroxylation sites is 1. The number of fused-ring (bicyclic) bond motifs is 1. The number of halogens is 1. The van der Waals surface area contributed by atoms with Crippen molar-refractivity contribution < 1.29 is 23.5 Å². The minimum atomic E-state index is -0.479. The Labute approximate surface area is 138 Å². The number of methoxy groups -OCH3 is 1. The molecule has 2 aromatic rings. The summed E-state index contributed by atoms with van der Waals surface area (Å²) < 4.78 is 24.7. The quantitative estimate of drug-likeness (QED) is 0.639. The largest absolute Gasteiger partial charge is 0.482 e. The Morgan fingerprint density at radius 1 is 1.25 bits per heavy atom. The van der Waals surface area contributed by atoms with Crippen molar-refractivity contribution in [3.63, 3.8) is 0 Å². The fourth-order valence-corrected chi connectivity index (χ4v) is 2.69. The first-order valence-corrected chi connectivity index (χ1v) is 7.38. The topological polar surface area (TPSA) is 57.1 Å². The Morgan fingerprint density at radius 2 is 2.04 bits per heavy atom. The molecule has 3 rings (SSSR count). The third kappa shape index (κ3) is 2.95. The standard InChI is InChI=1S/C18H16FNO4/c1-22-18(21)12-6-3-5-11(9-12)16-10-15(20-23-2)13-7-4-8-14(19)17(13)24-16/h3-9,16H,10H2,1-2H3/t16-/m1/s1. The van der Waals surface area contributed by atoms with Crippen LogP contribution in [-0.2, 0) is 9.57 Å². The molecule has 0 aromatic heterocycles. The lowest BCUT2D eigenvalue weighted by Crippen LogP contribution is -2.22. The number of hydrogen-bond acceptors (Lipinski definition) is 5. The highest BCUT2D eigenvalue weighted by Crippen LogP contribution is 2.37. The van der Waals surface area contributed by atoms with Crippen LogP contribution in [0.3, 0.4) is 0 Å². The van der Waals surface area contributed by atoms with Gasteiger partial charge in [0.25, 0.3) is 0 Å². The summed E-state index contributed by atoms with van der Waals surface area (Å²) in [7, 11) is 2.76. The van der Waals surface area contributed by atoms with Crippen molar-refractivity contribution in [2.75, 3.05) is 14.2 Å². The molecular formula is C18H16FNO4. The highest BCUT2D eigenvalue weighted by Gasteiger charge is 2.29. The summed E-state index contributed by atoms with van der Waals surface area (Å²) in [5.41, 5.74) is 2.29. The van der Waals surface area contributed by atoms with Crippen molar-refractivity contribution >= 4 is 11.7 Å². The summed E-state index contributed by atoms with van der Waals surface area (Å²) in [6.07, 6.45) is -0.0811. The molecule has 24 heavy (non-hydrogen) atoms. The lowest BCUT2D eigenvalue weighted by molar-refractivity contribution is 0.0600. The van der Waals surface area contributed by atoms with Crippen molar-refractivity contribution in [1.29, 1.82) is 0 Å². The molecule has 0 bridgehead atoms. The average molecular weight is 329 g/mol. The Bertz CT molecular complexity index is 803. The van der Waals surface area contributed by atoms with Crippen LogP contribution in [0.1, 0.15) is 34.0 Å². The van der Waals surface area contributed by atoms with Gasteiger partial charge < -0.3 is 14.3 Å². The predicted octanol–water partition coefficient (Wildman–Crippen LogP) is 3.49. The third-order valence-electron chi connectivity index (χ3n) is 3.80. The van der Waals surface area contributed by atoms with Crippen LogP contribution in [0.4, 0.5) is 4.39 Å². The molecule has 2 aromatic carbocycles. The predicted molar refractivity (Wildman–Crippen MR) is 85.7 cm³/mol.